The molecule has 23 heavy (non-hydrogen) atoms. The third kappa shape index (κ3) is 2.02. The van der Waals surface area contributed by atoms with Crippen LogP contribution in [0, 0.1) is 23.7 Å². The molecule has 4 bridgehead atoms. The minimum atomic E-state index is -0.422. The molecule has 5 aliphatic rings. The average Bonchev–Trinajstić information content (AvgIpc) is 2.98. The van der Waals surface area contributed by atoms with Crippen LogP contribution in [0.3, 0.4) is 0 Å². The first-order valence-electron chi connectivity index (χ1n) is 8.79. The van der Waals surface area contributed by atoms with Crippen LogP contribution < -0.4 is 11.1 Å². The highest BCUT2D eigenvalue weighted by Crippen LogP contribution is 2.54. The SMILES string of the molecule is NC(=O)c1cnc2c(c1NC1C3CC4CC(C3)CC1C4)N=CC2. The van der Waals surface area contributed by atoms with E-state index in [4.69, 9.17) is 5.73 Å². The number of carbonyl (C=O) groups excluding carboxylic acids is 1. The maximum Gasteiger partial charge on any atom is 0.252 e. The zero-order chi connectivity index (χ0) is 15.6. The Morgan fingerprint density at radius 2 is 1.83 bits per heavy atom. The number of rotatable bonds is 3. The fraction of sp³-hybridized carbons (Fsp3) is 0.611. The topological polar surface area (TPSA) is 80.4 Å². The largest absolute Gasteiger partial charge is 0.379 e. The van der Waals surface area contributed by atoms with Crippen molar-refractivity contribution in [3.8, 4) is 0 Å². The van der Waals surface area contributed by atoms with E-state index in [9.17, 15) is 4.79 Å². The Morgan fingerprint density at radius 1 is 1.13 bits per heavy atom. The van der Waals surface area contributed by atoms with E-state index in [2.05, 4.69) is 15.3 Å². The highest BCUT2D eigenvalue weighted by atomic mass is 16.1. The smallest absolute Gasteiger partial charge is 0.252 e. The van der Waals surface area contributed by atoms with Crippen LogP contribution in [0.2, 0.25) is 0 Å². The van der Waals surface area contributed by atoms with Gasteiger partial charge in [-0.1, -0.05) is 0 Å². The van der Waals surface area contributed by atoms with Crippen LogP contribution in [0.25, 0.3) is 0 Å². The van der Waals surface area contributed by atoms with Crippen molar-refractivity contribution in [2.24, 2.45) is 34.4 Å². The zero-order valence-electron chi connectivity index (χ0n) is 13.2. The highest BCUT2D eigenvalue weighted by molar-refractivity contribution is 6.02. The average molecular weight is 310 g/mol. The second kappa shape index (κ2) is 4.79. The number of pyridine rings is 1. The van der Waals surface area contributed by atoms with Gasteiger partial charge in [-0.05, 0) is 55.8 Å². The van der Waals surface area contributed by atoms with Crippen molar-refractivity contribution in [1.82, 2.24) is 4.98 Å². The fourth-order valence-corrected chi connectivity index (χ4v) is 5.71. The van der Waals surface area contributed by atoms with E-state index in [1.807, 2.05) is 6.21 Å². The molecule has 1 aromatic heterocycles. The lowest BCUT2D eigenvalue weighted by atomic mass is 9.54. The number of primary amides is 1. The summed E-state index contributed by atoms with van der Waals surface area (Å²) < 4.78 is 0. The number of hydrogen-bond acceptors (Lipinski definition) is 4. The molecule has 4 aliphatic carbocycles. The predicted molar refractivity (Wildman–Crippen MR) is 89.1 cm³/mol. The zero-order valence-corrected chi connectivity index (χ0v) is 13.2. The first kappa shape index (κ1) is 13.5. The standard InChI is InChI=1S/C18H22N4O/c19-18(23)13-8-21-14-1-2-20-17(14)16(13)22-15-11-4-9-3-10(6-11)7-12(15)5-9/h2,8-12,15H,1,3-7H2,(H2,19,23)(H,21,22). The number of nitrogens with zero attached hydrogens (tertiary/aromatic N) is 2. The van der Waals surface area contributed by atoms with Gasteiger partial charge in [-0.15, -0.1) is 0 Å². The summed E-state index contributed by atoms with van der Waals surface area (Å²) in [5.41, 5.74) is 8.67. The molecular weight excluding hydrogens is 288 g/mol. The monoisotopic (exact) mass is 310 g/mol. The van der Waals surface area contributed by atoms with Gasteiger partial charge in [0.1, 0.15) is 5.69 Å². The van der Waals surface area contributed by atoms with E-state index in [0.29, 0.717) is 11.6 Å². The Balaban J connectivity index is 1.52. The van der Waals surface area contributed by atoms with Crippen molar-refractivity contribution in [2.45, 2.75) is 44.6 Å². The van der Waals surface area contributed by atoms with E-state index in [0.717, 1.165) is 47.2 Å². The molecule has 1 aliphatic heterocycles. The molecule has 4 fully saturated rings. The summed E-state index contributed by atoms with van der Waals surface area (Å²) in [7, 11) is 0. The molecule has 0 saturated heterocycles. The third-order valence-corrected chi connectivity index (χ3v) is 6.44. The highest BCUT2D eigenvalue weighted by Gasteiger charge is 2.48. The number of fused-ring (bicyclic) bond motifs is 1. The first-order chi connectivity index (χ1) is 11.2. The Morgan fingerprint density at radius 3 is 2.48 bits per heavy atom. The van der Waals surface area contributed by atoms with Gasteiger partial charge in [0.25, 0.3) is 5.91 Å². The number of amides is 1. The summed E-state index contributed by atoms with van der Waals surface area (Å²) in [4.78, 5) is 20.7. The van der Waals surface area contributed by atoms with Gasteiger partial charge in [-0.2, -0.15) is 0 Å². The molecule has 2 heterocycles. The second-order valence-electron chi connectivity index (χ2n) is 7.82. The van der Waals surface area contributed by atoms with Crippen molar-refractivity contribution in [2.75, 3.05) is 5.32 Å². The molecule has 5 nitrogen and oxygen atoms in total. The van der Waals surface area contributed by atoms with E-state index >= 15 is 0 Å². The number of anilines is 1. The van der Waals surface area contributed by atoms with Crippen molar-refractivity contribution in [3.05, 3.63) is 17.5 Å². The van der Waals surface area contributed by atoms with Gasteiger partial charge >= 0.3 is 0 Å². The quantitative estimate of drug-likeness (QED) is 0.900. The summed E-state index contributed by atoms with van der Waals surface area (Å²) in [6.07, 6.45) is 11.0. The summed E-state index contributed by atoms with van der Waals surface area (Å²) in [5, 5.41) is 3.72. The normalized spacial score (nSPS) is 36.3. The molecule has 120 valence electrons. The Kier molecular flexibility index (Phi) is 2.82. The van der Waals surface area contributed by atoms with Gasteiger partial charge in [0, 0.05) is 24.9 Å². The summed E-state index contributed by atoms with van der Waals surface area (Å²) in [6.45, 7) is 0. The molecule has 6 rings (SSSR count). The molecule has 1 aromatic rings. The molecule has 1 amide bonds. The summed E-state index contributed by atoms with van der Waals surface area (Å²) >= 11 is 0. The van der Waals surface area contributed by atoms with Crippen LogP contribution in [0.4, 0.5) is 11.4 Å². The Hall–Kier alpha value is -1.91. The maximum absolute atomic E-state index is 11.9. The van der Waals surface area contributed by atoms with Gasteiger partial charge in [-0.25, -0.2) is 0 Å². The van der Waals surface area contributed by atoms with Crippen molar-refractivity contribution < 1.29 is 4.79 Å². The lowest BCUT2D eigenvalue weighted by Gasteiger charge is -2.54. The molecule has 4 saturated carbocycles. The van der Waals surface area contributed by atoms with Crippen LogP contribution in [0.1, 0.15) is 48.2 Å². The maximum atomic E-state index is 11.9. The van der Waals surface area contributed by atoms with E-state index < -0.39 is 5.91 Å². The van der Waals surface area contributed by atoms with Gasteiger partial charge in [0.2, 0.25) is 0 Å². The molecular formula is C18H22N4O. The molecule has 5 heteroatoms. The van der Waals surface area contributed by atoms with Crippen LogP contribution in [-0.4, -0.2) is 23.1 Å². The number of aliphatic imine (C=N–C) groups is 1. The van der Waals surface area contributed by atoms with Crippen LogP contribution in [0.5, 0.6) is 0 Å². The van der Waals surface area contributed by atoms with Crippen LogP contribution in [-0.2, 0) is 6.42 Å². The number of hydrogen-bond donors (Lipinski definition) is 2. The number of carbonyl (C=O) groups is 1. The molecule has 0 atom stereocenters. The van der Waals surface area contributed by atoms with Gasteiger partial charge in [0.05, 0.1) is 16.9 Å². The van der Waals surface area contributed by atoms with Crippen LogP contribution in [0.15, 0.2) is 11.2 Å². The fourth-order valence-electron chi connectivity index (χ4n) is 5.71. The Labute approximate surface area is 135 Å². The van der Waals surface area contributed by atoms with Crippen LogP contribution >= 0.6 is 0 Å². The van der Waals surface area contributed by atoms with Gasteiger partial charge < -0.3 is 11.1 Å². The Bertz CT molecular complexity index is 683. The van der Waals surface area contributed by atoms with E-state index in [-0.39, 0.29) is 0 Å². The number of nitrogens with two attached hydrogens (primary N) is 1. The molecule has 0 aromatic carbocycles. The van der Waals surface area contributed by atoms with E-state index in [1.54, 1.807) is 6.20 Å². The molecule has 0 unspecified atom stereocenters. The van der Waals surface area contributed by atoms with Crippen molar-refractivity contribution in [1.29, 1.82) is 0 Å². The molecule has 0 radical (unpaired) electrons. The summed E-state index contributed by atoms with van der Waals surface area (Å²) in [6, 6.07) is 0.461. The number of aromatic nitrogens is 1. The first-order valence-corrected chi connectivity index (χ1v) is 8.79. The lowest BCUT2D eigenvalue weighted by molar-refractivity contribution is 0.00753. The molecule has 3 N–H and O–H groups in total. The minimum Gasteiger partial charge on any atom is -0.379 e. The molecule has 0 spiro atoms. The predicted octanol–water partition coefficient (Wildman–Crippen LogP) is 2.68. The van der Waals surface area contributed by atoms with E-state index in [1.165, 1.54) is 32.1 Å². The van der Waals surface area contributed by atoms with Crippen molar-refractivity contribution in [3.63, 3.8) is 0 Å². The third-order valence-electron chi connectivity index (χ3n) is 6.44. The summed E-state index contributed by atoms with van der Waals surface area (Å²) in [5.74, 6) is 2.93. The second-order valence-corrected chi connectivity index (χ2v) is 7.82. The lowest BCUT2D eigenvalue weighted by Crippen LogP contribution is -2.51. The van der Waals surface area contributed by atoms with Crippen molar-refractivity contribution >= 4 is 23.5 Å². The minimum absolute atomic E-state index is 0.422. The van der Waals surface area contributed by atoms with Gasteiger partial charge in [-0.3, -0.25) is 14.8 Å². The van der Waals surface area contributed by atoms with Gasteiger partial charge in [0.15, 0.2) is 0 Å². The number of nitrogens with one attached hydrogen (secondary N) is 1.